The van der Waals surface area contributed by atoms with Crippen molar-refractivity contribution in [2.24, 2.45) is 5.92 Å². The van der Waals surface area contributed by atoms with Crippen LogP contribution in [0.15, 0.2) is 229 Å². The number of allylic oxidation sites excluding steroid dienone is 4. The van der Waals surface area contributed by atoms with Crippen LogP contribution in [-0.2, 0) is 5.41 Å². The number of hydrogen-bond donors (Lipinski definition) is 0. The third kappa shape index (κ3) is 4.96. The highest BCUT2D eigenvalue weighted by molar-refractivity contribution is 7.25. The van der Waals surface area contributed by atoms with Crippen LogP contribution in [0.3, 0.4) is 0 Å². The van der Waals surface area contributed by atoms with Gasteiger partial charge in [-0.2, -0.15) is 0 Å². The Bertz CT molecular complexity index is 3740. The van der Waals surface area contributed by atoms with E-state index in [2.05, 4.69) is 229 Å². The van der Waals surface area contributed by atoms with Gasteiger partial charge in [0.15, 0.2) is 0 Å². The molecule has 0 radical (unpaired) electrons. The molecule has 1 spiro atoms. The average Bonchev–Trinajstić information content (AvgIpc) is 4.09. The van der Waals surface area contributed by atoms with E-state index >= 15 is 0 Å². The summed E-state index contributed by atoms with van der Waals surface area (Å²) in [6.07, 6.45) is 9.42. The van der Waals surface area contributed by atoms with Gasteiger partial charge in [0.25, 0.3) is 0 Å². The fourth-order valence-corrected chi connectivity index (χ4v) is 12.9. The molecule has 0 amide bonds. The number of thiophene rings is 1. The quantitative estimate of drug-likeness (QED) is 0.172. The van der Waals surface area contributed by atoms with Crippen molar-refractivity contribution in [2.75, 3.05) is 4.90 Å². The fraction of sp³-hybridized carbons (Fsp3) is 0.0492. The Balaban J connectivity index is 1.01. The zero-order valence-corrected chi connectivity index (χ0v) is 35.6. The number of nitrogens with zero attached hydrogens (tertiary/aromatic N) is 1. The highest BCUT2D eigenvalue weighted by Gasteiger charge is 2.58. The van der Waals surface area contributed by atoms with E-state index in [9.17, 15) is 0 Å². The van der Waals surface area contributed by atoms with Crippen LogP contribution in [0.25, 0.3) is 75.5 Å². The second-order valence-electron chi connectivity index (χ2n) is 17.5. The Hall–Kier alpha value is -7.72. The first-order valence-electron chi connectivity index (χ1n) is 22.2. The van der Waals surface area contributed by atoms with Crippen LogP contribution in [-0.4, -0.2) is 0 Å². The van der Waals surface area contributed by atoms with Gasteiger partial charge in [-0.25, -0.2) is 0 Å². The van der Waals surface area contributed by atoms with Gasteiger partial charge in [0.05, 0.1) is 5.41 Å². The van der Waals surface area contributed by atoms with Crippen molar-refractivity contribution in [2.45, 2.75) is 11.3 Å². The third-order valence-electron chi connectivity index (χ3n) is 14.4. The highest BCUT2D eigenvalue weighted by Crippen LogP contribution is 2.68. The Kier molecular flexibility index (Phi) is 7.64. The molecule has 64 heavy (non-hydrogen) atoms. The van der Waals surface area contributed by atoms with E-state index in [1.807, 2.05) is 11.3 Å². The number of fused-ring (bicyclic) bond motifs is 16. The first-order chi connectivity index (χ1) is 31.7. The van der Waals surface area contributed by atoms with Gasteiger partial charge in [-0.15, -0.1) is 11.3 Å². The molecule has 3 atom stereocenters. The van der Waals surface area contributed by atoms with Gasteiger partial charge in [0.1, 0.15) is 11.2 Å². The van der Waals surface area contributed by atoms with Crippen LogP contribution in [0.2, 0.25) is 0 Å². The summed E-state index contributed by atoms with van der Waals surface area (Å²) in [4.78, 5) is 2.41. The topological polar surface area (TPSA) is 16.4 Å². The van der Waals surface area contributed by atoms with E-state index in [1.54, 1.807) is 0 Å². The second kappa shape index (κ2) is 13.6. The van der Waals surface area contributed by atoms with Crippen molar-refractivity contribution < 1.29 is 4.42 Å². The molecule has 0 saturated carbocycles. The predicted octanol–water partition coefficient (Wildman–Crippen LogP) is 16.9. The Morgan fingerprint density at radius 2 is 1.09 bits per heavy atom. The van der Waals surface area contributed by atoms with E-state index < -0.39 is 5.41 Å². The normalized spacial score (nSPS) is 17.9. The lowest BCUT2D eigenvalue weighted by atomic mass is 9.64. The minimum atomic E-state index is -0.402. The van der Waals surface area contributed by atoms with E-state index in [-0.39, 0.29) is 11.8 Å². The maximum Gasteiger partial charge on any atom is 0.136 e. The fourth-order valence-electron chi connectivity index (χ4n) is 11.8. The zero-order valence-electron chi connectivity index (χ0n) is 34.8. The number of benzene rings is 9. The maximum atomic E-state index is 6.83. The van der Waals surface area contributed by atoms with Crippen molar-refractivity contribution in [3.8, 4) is 33.4 Å². The van der Waals surface area contributed by atoms with E-state index in [4.69, 9.17) is 4.42 Å². The highest BCUT2D eigenvalue weighted by atomic mass is 32.1. The summed E-state index contributed by atoms with van der Waals surface area (Å²) in [5, 5.41) is 4.92. The molecule has 2 aromatic heterocycles. The molecule has 2 nitrogen and oxygen atoms in total. The molecule has 3 aliphatic rings. The van der Waals surface area contributed by atoms with Gasteiger partial charge < -0.3 is 9.32 Å². The molecule has 0 bridgehead atoms. The van der Waals surface area contributed by atoms with Crippen LogP contribution >= 0.6 is 11.3 Å². The first-order valence-corrected chi connectivity index (χ1v) is 23.1. The molecule has 0 aliphatic heterocycles. The van der Waals surface area contributed by atoms with Crippen LogP contribution in [0.1, 0.15) is 28.2 Å². The molecule has 0 N–H and O–H groups in total. The molecule has 0 fully saturated rings. The lowest BCUT2D eigenvalue weighted by Crippen LogP contribution is -2.33. The van der Waals surface area contributed by atoms with E-state index in [0.717, 1.165) is 33.6 Å². The Morgan fingerprint density at radius 3 is 1.94 bits per heavy atom. The molecule has 3 heteroatoms. The molecule has 9 aromatic carbocycles. The first kappa shape index (κ1) is 35.8. The summed E-state index contributed by atoms with van der Waals surface area (Å²) in [7, 11) is 0. The summed E-state index contributed by atoms with van der Waals surface area (Å²) in [6.45, 7) is 0. The summed E-state index contributed by atoms with van der Waals surface area (Å²) in [5.74, 6) is 0.483. The zero-order chi connectivity index (χ0) is 41.9. The molecule has 3 unspecified atom stereocenters. The molecule has 2 heterocycles. The number of furan rings is 1. The smallest absolute Gasteiger partial charge is 0.136 e. The van der Waals surface area contributed by atoms with Gasteiger partial charge >= 0.3 is 0 Å². The Morgan fingerprint density at radius 1 is 0.453 bits per heavy atom. The van der Waals surface area contributed by atoms with Crippen molar-refractivity contribution in [3.63, 3.8) is 0 Å². The van der Waals surface area contributed by atoms with Crippen LogP contribution in [0.5, 0.6) is 0 Å². The molecule has 300 valence electrons. The Labute approximate surface area is 375 Å². The molecule has 3 aliphatic carbocycles. The average molecular weight is 834 g/mol. The van der Waals surface area contributed by atoms with E-state index in [1.165, 1.54) is 81.2 Å². The summed E-state index contributed by atoms with van der Waals surface area (Å²) >= 11 is 1.86. The number of hydrogen-bond acceptors (Lipinski definition) is 3. The summed E-state index contributed by atoms with van der Waals surface area (Å²) < 4.78 is 9.41. The van der Waals surface area contributed by atoms with Crippen molar-refractivity contribution in [3.05, 3.63) is 247 Å². The second-order valence-corrected chi connectivity index (χ2v) is 18.6. The standard InChI is InChI=1S/C61H39NOS/c1-2-14-38(15-3-1)39-26-30-41(31-27-39)62(43-34-35-48-47-19-8-13-25-56(47)64-57(48)36-43)42-32-28-40(29-33-42)58-59-49-20-7-12-24-54(49)63-55(59)37-50-46-18-6-11-23-53(46)61(60(50)58)51-21-9-4-16-44(51)45-17-5-10-22-52(45)61/h1-37,44,51H. The minimum absolute atomic E-state index is 0.212. The summed E-state index contributed by atoms with van der Waals surface area (Å²) in [5.41, 5.74) is 17.7. The number of rotatable bonds is 5. The van der Waals surface area contributed by atoms with Gasteiger partial charge in [-0.3, -0.25) is 0 Å². The van der Waals surface area contributed by atoms with Crippen LogP contribution in [0.4, 0.5) is 17.1 Å². The van der Waals surface area contributed by atoms with Crippen molar-refractivity contribution >= 4 is 70.5 Å². The maximum absolute atomic E-state index is 6.83. The van der Waals surface area contributed by atoms with Gasteiger partial charge in [0.2, 0.25) is 0 Å². The largest absolute Gasteiger partial charge is 0.456 e. The molecular weight excluding hydrogens is 795 g/mol. The SMILES string of the molecule is C1=CC2c3ccccc3C3(c4ccccc4-c4cc5oc6ccccc6c5c(-c5ccc(N(c6ccc(-c7ccccc7)cc6)c6ccc7c(c6)sc6ccccc67)cc5)c43)C2C=C1. The lowest BCUT2D eigenvalue weighted by Gasteiger charge is -2.37. The number of anilines is 3. The van der Waals surface area contributed by atoms with Crippen LogP contribution in [0, 0.1) is 5.92 Å². The van der Waals surface area contributed by atoms with Crippen LogP contribution < -0.4 is 4.90 Å². The number of para-hydroxylation sites is 1. The molecular formula is C61H39NOS. The summed E-state index contributed by atoms with van der Waals surface area (Å²) in [6, 6.07) is 74.0. The van der Waals surface area contributed by atoms with Gasteiger partial charge in [0, 0.05) is 59.8 Å². The predicted molar refractivity (Wildman–Crippen MR) is 268 cm³/mol. The lowest BCUT2D eigenvalue weighted by molar-refractivity contribution is 0.466. The van der Waals surface area contributed by atoms with Crippen molar-refractivity contribution in [1.29, 1.82) is 0 Å². The third-order valence-corrected chi connectivity index (χ3v) is 15.5. The molecule has 11 aromatic rings. The minimum Gasteiger partial charge on any atom is -0.456 e. The van der Waals surface area contributed by atoms with Crippen molar-refractivity contribution in [1.82, 2.24) is 0 Å². The molecule has 14 rings (SSSR count). The molecule has 0 saturated heterocycles. The van der Waals surface area contributed by atoms with Gasteiger partial charge in [-0.1, -0.05) is 170 Å². The van der Waals surface area contributed by atoms with E-state index in [0.29, 0.717) is 0 Å². The monoisotopic (exact) mass is 833 g/mol. The van der Waals surface area contributed by atoms with Gasteiger partial charge in [-0.05, 0) is 110 Å².